The first-order chi connectivity index (χ1) is 13.6. The van der Waals surface area contributed by atoms with Crippen molar-refractivity contribution in [2.24, 2.45) is 0 Å². The van der Waals surface area contributed by atoms with Crippen molar-refractivity contribution in [2.45, 2.75) is 51.6 Å². The molecule has 0 bridgehead atoms. The molecule has 0 saturated heterocycles. The van der Waals surface area contributed by atoms with E-state index in [9.17, 15) is 9.59 Å². The highest BCUT2D eigenvalue weighted by Crippen LogP contribution is 2.26. The lowest BCUT2D eigenvalue weighted by Gasteiger charge is -2.34. The fourth-order valence-electron chi connectivity index (χ4n) is 4.10. The molecule has 0 unspecified atom stereocenters. The molecule has 144 valence electrons. The average Bonchev–Trinajstić information content (AvgIpc) is 2.73. The van der Waals surface area contributed by atoms with Crippen LogP contribution < -0.4 is 5.56 Å². The maximum atomic E-state index is 13.4. The van der Waals surface area contributed by atoms with E-state index in [0.717, 1.165) is 36.8 Å². The van der Waals surface area contributed by atoms with Gasteiger partial charge in [-0.15, -0.1) is 0 Å². The zero-order valence-electron chi connectivity index (χ0n) is 16.1. The summed E-state index contributed by atoms with van der Waals surface area (Å²) in [6.45, 7) is 2.28. The van der Waals surface area contributed by atoms with Crippen LogP contribution in [0.1, 0.15) is 53.8 Å². The molecule has 1 amide bonds. The zero-order chi connectivity index (χ0) is 19.5. The number of rotatable bonds is 4. The molecule has 2 aromatic carbocycles. The highest BCUT2D eigenvalue weighted by atomic mass is 16.2. The van der Waals surface area contributed by atoms with Gasteiger partial charge in [0.15, 0.2) is 0 Å². The smallest absolute Gasteiger partial charge is 0.258 e. The summed E-state index contributed by atoms with van der Waals surface area (Å²) >= 11 is 0. The Labute approximate surface area is 164 Å². The van der Waals surface area contributed by atoms with Crippen LogP contribution >= 0.6 is 0 Å². The monoisotopic (exact) mass is 375 g/mol. The van der Waals surface area contributed by atoms with E-state index in [1.165, 1.54) is 6.42 Å². The largest absolute Gasteiger partial charge is 0.328 e. The molecule has 0 spiro atoms. The Kier molecular flexibility index (Phi) is 5.24. The van der Waals surface area contributed by atoms with Gasteiger partial charge < -0.3 is 9.88 Å². The predicted octanol–water partition coefficient (Wildman–Crippen LogP) is 4.21. The minimum absolute atomic E-state index is 0.0146. The zero-order valence-corrected chi connectivity index (χ0v) is 16.1. The van der Waals surface area contributed by atoms with Crippen LogP contribution in [0.5, 0.6) is 0 Å². The van der Waals surface area contributed by atoms with Crippen molar-refractivity contribution in [1.29, 1.82) is 0 Å². The van der Waals surface area contributed by atoms with Crippen molar-refractivity contribution in [3.63, 3.8) is 0 Å². The summed E-state index contributed by atoms with van der Waals surface area (Å²) < 4.78 is 0. The number of benzene rings is 2. The second-order valence-electron chi connectivity index (χ2n) is 7.57. The number of aryl methyl sites for hydroxylation is 1. The Balaban J connectivity index is 1.71. The van der Waals surface area contributed by atoms with Crippen LogP contribution in [-0.2, 0) is 6.54 Å². The number of aromatic amines is 1. The van der Waals surface area contributed by atoms with E-state index in [2.05, 4.69) is 9.97 Å². The van der Waals surface area contributed by atoms with Crippen LogP contribution in [0.4, 0.5) is 0 Å². The van der Waals surface area contributed by atoms with Crippen LogP contribution in [0, 0.1) is 6.92 Å². The molecule has 0 aliphatic heterocycles. The standard InChI is InChI=1S/C23H25N3O2/c1-16-9-5-6-12-18(16)23(28)26(17-10-3-2-4-11-17)15-21-24-20-14-8-7-13-19(20)22(27)25-21/h5-9,12-14,17H,2-4,10-11,15H2,1H3,(H,24,25,27). The van der Waals surface area contributed by atoms with Crippen LogP contribution in [0.3, 0.4) is 0 Å². The molecule has 28 heavy (non-hydrogen) atoms. The maximum absolute atomic E-state index is 13.4. The Bertz CT molecular complexity index is 1050. The number of nitrogens with zero attached hydrogens (tertiary/aromatic N) is 2. The van der Waals surface area contributed by atoms with Gasteiger partial charge in [-0.25, -0.2) is 4.98 Å². The van der Waals surface area contributed by atoms with Crippen molar-refractivity contribution in [2.75, 3.05) is 0 Å². The Morgan fingerprint density at radius 2 is 1.79 bits per heavy atom. The molecule has 1 aliphatic rings. The molecule has 0 radical (unpaired) electrons. The Morgan fingerprint density at radius 1 is 1.07 bits per heavy atom. The molecule has 1 heterocycles. The minimum atomic E-state index is -0.160. The fraction of sp³-hybridized carbons (Fsp3) is 0.348. The van der Waals surface area contributed by atoms with Gasteiger partial charge in [-0.1, -0.05) is 49.6 Å². The third kappa shape index (κ3) is 3.70. The Hall–Kier alpha value is -2.95. The highest BCUT2D eigenvalue weighted by Gasteiger charge is 2.28. The number of para-hydroxylation sites is 1. The molecule has 5 heteroatoms. The molecule has 1 fully saturated rings. The van der Waals surface area contributed by atoms with E-state index >= 15 is 0 Å². The summed E-state index contributed by atoms with van der Waals surface area (Å²) in [6, 6.07) is 15.2. The molecule has 1 N–H and O–H groups in total. The average molecular weight is 375 g/mol. The van der Waals surface area contributed by atoms with Gasteiger partial charge in [-0.3, -0.25) is 9.59 Å². The van der Waals surface area contributed by atoms with Crippen molar-refractivity contribution in [3.8, 4) is 0 Å². The summed E-state index contributed by atoms with van der Waals surface area (Å²) in [5.74, 6) is 0.553. The van der Waals surface area contributed by atoms with Crippen molar-refractivity contribution < 1.29 is 4.79 Å². The molecule has 1 aliphatic carbocycles. The summed E-state index contributed by atoms with van der Waals surface area (Å²) in [6.07, 6.45) is 5.46. The third-order valence-corrected chi connectivity index (χ3v) is 5.63. The van der Waals surface area contributed by atoms with Crippen LogP contribution in [0.2, 0.25) is 0 Å². The van der Waals surface area contributed by atoms with Gasteiger partial charge in [0.1, 0.15) is 5.82 Å². The number of nitrogens with one attached hydrogen (secondary N) is 1. The Morgan fingerprint density at radius 3 is 2.57 bits per heavy atom. The van der Waals surface area contributed by atoms with Gasteiger partial charge >= 0.3 is 0 Å². The number of hydrogen-bond donors (Lipinski definition) is 1. The third-order valence-electron chi connectivity index (χ3n) is 5.63. The highest BCUT2D eigenvalue weighted by molar-refractivity contribution is 5.95. The summed E-state index contributed by atoms with van der Waals surface area (Å²) in [5.41, 5.74) is 2.19. The van der Waals surface area contributed by atoms with Gasteiger partial charge in [0.25, 0.3) is 11.5 Å². The molecule has 1 aromatic heterocycles. The minimum Gasteiger partial charge on any atom is -0.328 e. The summed E-state index contributed by atoms with van der Waals surface area (Å²) in [4.78, 5) is 35.3. The van der Waals surface area contributed by atoms with E-state index in [0.29, 0.717) is 23.3 Å². The second-order valence-corrected chi connectivity index (χ2v) is 7.57. The van der Waals surface area contributed by atoms with Gasteiger partial charge in [-0.05, 0) is 43.5 Å². The SMILES string of the molecule is Cc1ccccc1C(=O)N(Cc1nc2ccccc2c(=O)[nH]1)C1CCCCC1. The van der Waals surface area contributed by atoms with Crippen LogP contribution in [0.15, 0.2) is 53.3 Å². The molecule has 4 rings (SSSR count). The maximum Gasteiger partial charge on any atom is 0.258 e. The second kappa shape index (κ2) is 7.97. The van der Waals surface area contributed by atoms with E-state index in [1.54, 1.807) is 6.07 Å². The van der Waals surface area contributed by atoms with Crippen molar-refractivity contribution >= 4 is 16.8 Å². The quantitative estimate of drug-likeness (QED) is 0.743. The van der Waals surface area contributed by atoms with Crippen LogP contribution in [0.25, 0.3) is 10.9 Å². The summed E-state index contributed by atoms with van der Waals surface area (Å²) in [7, 11) is 0. The van der Waals surface area contributed by atoms with Crippen LogP contribution in [-0.4, -0.2) is 26.8 Å². The topological polar surface area (TPSA) is 66.1 Å². The van der Waals surface area contributed by atoms with E-state index in [1.807, 2.05) is 54.3 Å². The van der Waals surface area contributed by atoms with E-state index in [-0.39, 0.29) is 17.5 Å². The lowest BCUT2D eigenvalue weighted by atomic mass is 9.93. The van der Waals surface area contributed by atoms with Crippen molar-refractivity contribution in [3.05, 3.63) is 75.8 Å². The summed E-state index contributed by atoms with van der Waals surface area (Å²) in [5, 5.41) is 0.570. The molecule has 0 atom stereocenters. The van der Waals surface area contributed by atoms with E-state index in [4.69, 9.17) is 0 Å². The van der Waals surface area contributed by atoms with Crippen molar-refractivity contribution in [1.82, 2.24) is 14.9 Å². The number of carbonyl (C=O) groups is 1. The first-order valence-electron chi connectivity index (χ1n) is 9.98. The lowest BCUT2D eigenvalue weighted by molar-refractivity contribution is 0.0607. The van der Waals surface area contributed by atoms with Gasteiger partial charge in [-0.2, -0.15) is 0 Å². The number of fused-ring (bicyclic) bond motifs is 1. The number of hydrogen-bond acceptors (Lipinski definition) is 3. The van der Waals surface area contributed by atoms with Gasteiger partial charge in [0.05, 0.1) is 17.4 Å². The number of carbonyl (C=O) groups excluding carboxylic acids is 1. The molecule has 3 aromatic rings. The normalized spacial score (nSPS) is 14.9. The lowest BCUT2D eigenvalue weighted by Crippen LogP contribution is -2.42. The van der Waals surface area contributed by atoms with Gasteiger partial charge in [0.2, 0.25) is 0 Å². The number of amides is 1. The first kappa shape index (κ1) is 18.4. The predicted molar refractivity (Wildman–Crippen MR) is 110 cm³/mol. The molecule has 5 nitrogen and oxygen atoms in total. The van der Waals surface area contributed by atoms with Gasteiger partial charge in [0, 0.05) is 11.6 Å². The first-order valence-corrected chi connectivity index (χ1v) is 9.98. The number of H-pyrrole nitrogens is 1. The molecular formula is C23H25N3O2. The number of aromatic nitrogens is 2. The fourth-order valence-corrected chi connectivity index (χ4v) is 4.10. The van der Waals surface area contributed by atoms with E-state index < -0.39 is 0 Å². The molecular weight excluding hydrogens is 350 g/mol. The molecule has 1 saturated carbocycles.